The van der Waals surface area contributed by atoms with Crippen LogP contribution in [0.1, 0.15) is 11.5 Å². The predicted octanol–water partition coefficient (Wildman–Crippen LogP) is 0.698. The number of hydrogen-bond donors (Lipinski definition) is 1. The topological polar surface area (TPSA) is 64.6 Å². The van der Waals surface area contributed by atoms with Crippen LogP contribution in [0.15, 0.2) is 24.3 Å². The van der Waals surface area contributed by atoms with E-state index in [0.29, 0.717) is 6.54 Å². The second kappa shape index (κ2) is 5.08. The molecule has 0 unspecified atom stereocenters. The molecule has 0 saturated carbocycles. The molecule has 1 fully saturated rings. The monoisotopic (exact) mass is 249 g/mol. The van der Waals surface area contributed by atoms with Crippen LogP contribution in [0.2, 0.25) is 0 Å². The lowest BCUT2D eigenvalue weighted by molar-refractivity contribution is -0.149. The molecule has 1 N–H and O–H groups in total. The number of amides is 1. The van der Waals surface area contributed by atoms with Gasteiger partial charge in [-0.2, -0.15) is 0 Å². The average Bonchev–Trinajstić information content (AvgIpc) is 2.80. The van der Waals surface area contributed by atoms with Crippen molar-refractivity contribution in [2.45, 2.75) is 5.92 Å². The molecule has 1 aromatic rings. The molecule has 0 aromatic heterocycles. The Morgan fingerprint density at radius 1 is 1.28 bits per heavy atom. The molecule has 1 aliphatic heterocycles. The maximum absolute atomic E-state index is 11.6. The van der Waals surface area contributed by atoms with E-state index in [2.05, 4.69) is 10.1 Å². The fourth-order valence-corrected chi connectivity index (χ4v) is 2.18. The van der Waals surface area contributed by atoms with Crippen LogP contribution in [0.4, 0.5) is 0 Å². The third-order valence-electron chi connectivity index (χ3n) is 3.18. The van der Waals surface area contributed by atoms with Crippen LogP contribution in [0.5, 0.6) is 5.75 Å². The summed E-state index contributed by atoms with van der Waals surface area (Å²) in [6, 6.07) is 7.35. The molecule has 1 saturated heterocycles. The maximum atomic E-state index is 11.6. The molecule has 5 nitrogen and oxygen atoms in total. The third kappa shape index (κ3) is 2.16. The van der Waals surface area contributed by atoms with Gasteiger partial charge in [0.25, 0.3) is 0 Å². The predicted molar refractivity (Wildman–Crippen MR) is 64.3 cm³/mol. The van der Waals surface area contributed by atoms with Gasteiger partial charge in [-0.05, 0) is 17.7 Å². The number of ether oxygens (including phenoxy) is 2. The molecule has 1 aliphatic rings. The zero-order valence-corrected chi connectivity index (χ0v) is 10.3. The zero-order chi connectivity index (χ0) is 13.1. The summed E-state index contributed by atoms with van der Waals surface area (Å²) in [4.78, 5) is 23.3. The SMILES string of the molecule is COC(=O)[C@H]1C(=O)NC[C@@H]1c1ccc(OC)cc1. The van der Waals surface area contributed by atoms with Crippen molar-refractivity contribution in [1.29, 1.82) is 0 Å². The van der Waals surface area contributed by atoms with Gasteiger partial charge in [0.2, 0.25) is 5.91 Å². The molecular formula is C13H15NO4. The van der Waals surface area contributed by atoms with Crippen molar-refractivity contribution in [2.75, 3.05) is 20.8 Å². The summed E-state index contributed by atoms with van der Waals surface area (Å²) in [5.74, 6) is -0.974. The number of nitrogens with one attached hydrogen (secondary N) is 1. The highest BCUT2D eigenvalue weighted by molar-refractivity contribution is 6.00. The van der Waals surface area contributed by atoms with Crippen LogP contribution in [0.25, 0.3) is 0 Å². The normalized spacial score (nSPS) is 22.4. The Balaban J connectivity index is 2.25. The maximum Gasteiger partial charge on any atom is 0.318 e. The van der Waals surface area contributed by atoms with E-state index >= 15 is 0 Å². The molecule has 2 atom stereocenters. The van der Waals surface area contributed by atoms with Gasteiger partial charge in [-0.15, -0.1) is 0 Å². The van der Waals surface area contributed by atoms with Crippen molar-refractivity contribution in [3.05, 3.63) is 29.8 Å². The Bertz CT molecular complexity index is 455. The summed E-state index contributed by atoms with van der Waals surface area (Å²) >= 11 is 0. The first kappa shape index (κ1) is 12.4. The van der Waals surface area contributed by atoms with E-state index in [-0.39, 0.29) is 11.8 Å². The first-order chi connectivity index (χ1) is 8.67. The molecule has 0 radical (unpaired) electrons. The van der Waals surface area contributed by atoms with E-state index in [1.807, 2.05) is 24.3 Å². The summed E-state index contributed by atoms with van der Waals surface area (Å²) in [6.45, 7) is 0.449. The molecule has 18 heavy (non-hydrogen) atoms. The van der Waals surface area contributed by atoms with Crippen LogP contribution in [-0.2, 0) is 14.3 Å². The van der Waals surface area contributed by atoms with Crippen LogP contribution in [-0.4, -0.2) is 32.6 Å². The summed E-state index contributed by atoms with van der Waals surface area (Å²) in [6.07, 6.45) is 0. The van der Waals surface area contributed by atoms with Crippen molar-refractivity contribution in [1.82, 2.24) is 5.32 Å². The Morgan fingerprint density at radius 2 is 1.94 bits per heavy atom. The minimum absolute atomic E-state index is 0.184. The molecule has 5 heteroatoms. The van der Waals surface area contributed by atoms with Gasteiger partial charge < -0.3 is 14.8 Å². The number of methoxy groups -OCH3 is 2. The van der Waals surface area contributed by atoms with E-state index in [0.717, 1.165) is 11.3 Å². The largest absolute Gasteiger partial charge is 0.497 e. The fourth-order valence-electron chi connectivity index (χ4n) is 2.18. The number of hydrogen-bond acceptors (Lipinski definition) is 4. The Labute approximate surface area is 105 Å². The molecule has 2 rings (SSSR count). The zero-order valence-electron chi connectivity index (χ0n) is 10.3. The minimum atomic E-state index is -0.761. The molecule has 1 aromatic carbocycles. The second-order valence-electron chi connectivity index (χ2n) is 4.13. The number of rotatable bonds is 3. The number of benzene rings is 1. The van der Waals surface area contributed by atoms with E-state index in [1.54, 1.807) is 7.11 Å². The first-order valence-electron chi connectivity index (χ1n) is 5.67. The van der Waals surface area contributed by atoms with Gasteiger partial charge in [-0.25, -0.2) is 0 Å². The summed E-state index contributed by atoms with van der Waals surface area (Å²) in [5.41, 5.74) is 0.921. The molecule has 0 spiro atoms. The van der Waals surface area contributed by atoms with Gasteiger partial charge in [0.15, 0.2) is 0 Å². The van der Waals surface area contributed by atoms with Gasteiger partial charge in [0.1, 0.15) is 11.7 Å². The van der Waals surface area contributed by atoms with Crippen molar-refractivity contribution >= 4 is 11.9 Å². The molecule has 1 amide bonds. The highest BCUT2D eigenvalue weighted by Gasteiger charge is 2.41. The summed E-state index contributed by atoms with van der Waals surface area (Å²) < 4.78 is 9.75. The number of esters is 1. The number of carbonyl (C=O) groups excluding carboxylic acids is 2. The summed E-state index contributed by atoms with van der Waals surface area (Å²) in [5, 5.41) is 2.69. The lowest BCUT2D eigenvalue weighted by atomic mass is 9.88. The fraction of sp³-hybridized carbons (Fsp3) is 0.385. The smallest absolute Gasteiger partial charge is 0.318 e. The van der Waals surface area contributed by atoms with Gasteiger partial charge in [0.05, 0.1) is 14.2 Å². The highest BCUT2D eigenvalue weighted by atomic mass is 16.5. The van der Waals surface area contributed by atoms with Crippen LogP contribution >= 0.6 is 0 Å². The molecular weight excluding hydrogens is 234 g/mol. The standard InChI is InChI=1S/C13H15NO4/c1-17-9-5-3-8(4-6-9)10-7-14-12(15)11(10)13(16)18-2/h3-6,10-11H,7H2,1-2H3,(H,14,15)/t10-,11-/m1/s1. The van der Waals surface area contributed by atoms with E-state index in [9.17, 15) is 9.59 Å². The van der Waals surface area contributed by atoms with Crippen molar-refractivity contribution < 1.29 is 19.1 Å². The second-order valence-corrected chi connectivity index (χ2v) is 4.13. The molecule has 96 valence electrons. The highest BCUT2D eigenvalue weighted by Crippen LogP contribution is 2.30. The number of carbonyl (C=O) groups is 2. The Hall–Kier alpha value is -2.04. The Kier molecular flexibility index (Phi) is 3.50. The quantitative estimate of drug-likeness (QED) is 0.632. The van der Waals surface area contributed by atoms with Gasteiger partial charge in [-0.3, -0.25) is 9.59 Å². The van der Waals surface area contributed by atoms with Gasteiger partial charge >= 0.3 is 5.97 Å². The van der Waals surface area contributed by atoms with Crippen LogP contribution < -0.4 is 10.1 Å². The van der Waals surface area contributed by atoms with Crippen molar-refractivity contribution in [3.8, 4) is 5.75 Å². The molecule has 0 aliphatic carbocycles. The average molecular weight is 249 g/mol. The first-order valence-corrected chi connectivity index (χ1v) is 5.67. The minimum Gasteiger partial charge on any atom is -0.497 e. The lowest BCUT2D eigenvalue weighted by Crippen LogP contribution is -2.28. The van der Waals surface area contributed by atoms with E-state index in [1.165, 1.54) is 7.11 Å². The van der Waals surface area contributed by atoms with Gasteiger partial charge in [0, 0.05) is 12.5 Å². The van der Waals surface area contributed by atoms with E-state index in [4.69, 9.17) is 4.74 Å². The van der Waals surface area contributed by atoms with Crippen LogP contribution in [0.3, 0.4) is 0 Å². The van der Waals surface area contributed by atoms with E-state index < -0.39 is 11.9 Å². The van der Waals surface area contributed by atoms with Crippen molar-refractivity contribution in [3.63, 3.8) is 0 Å². The van der Waals surface area contributed by atoms with Crippen molar-refractivity contribution in [2.24, 2.45) is 5.92 Å². The summed E-state index contributed by atoms with van der Waals surface area (Å²) in [7, 11) is 2.88. The third-order valence-corrected chi connectivity index (χ3v) is 3.18. The molecule has 0 bridgehead atoms. The lowest BCUT2D eigenvalue weighted by Gasteiger charge is -2.15. The van der Waals surface area contributed by atoms with Gasteiger partial charge in [-0.1, -0.05) is 12.1 Å². The Morgan fingerprint density at radius 3 is 2.50 bits per heavy atom. The van der Waals surface area contributed by atoms with Crippen LogP contribution in [0, 0.1) is 5.92 Å². The molecule has 1 heterocycles.